The molecule has 0 atom stereocenters. The van der Waals surface area contributed by atoms with Crippen LogP contribution in [0.25, 0.3) is 10.2 Å². The average molecular weight is 404 g/mol. The molecule has 0 bridgehead atoms. The minimum Gasteiger partial charge on any atom is -0.465 e. The summed E-state index contributed by atoms with van der Waals surface area (Å²) in [4.78, 5) is 23.7. The van der Waals surface area contributed by atoms with Gasteiger partial charge in [0, 0.05) is 17.0 Å². The van der Waals surface area contributed by atoms with E-state index in [0.29, 0.717) is 12.0 Å². The molecule has 1 N–H and O–H groups in total. The molecule has 6 heteroatoms. The summed E-state index contributed by atoms with van der Waals surface area (Å²) in [5.74, 6) is 1.15. The SMILES string of the molecule is COC(=O)c1cccc(Nc2nc(Cc3ccccc3)nc3sc(C)c(C)c23)c1. The van der Waals surface area contributed by atoms with Crippen LogP contribution in [-0.2, 0) is 11.2 Å². The molecule has 2 aromatic carbocycles. The van der Waals surface area contributed by atoms with Crippen molar-refractivity contribution in [3.05, 3.63) is 82.0 Å². The zero-order valence-electron chi connectivity index (χ0n) is 16.5. The van der Waals surface area contributed by atoms with Gasteiger partial charge in [-0.05, 0) is 43.2 Å². The Morgan fingerprint density at radius 3 is 2.62 bits per heavy atom. The number of benzene rings is 2. The van der Waals surface area contributed by atoms with Crippen LogP contribution in [-0.4, -0.2) is 23.0 Å². The largest absolute Gasteiger partial charge is 0.465 e. The van der Waals surface area contributed by atoms with Crippen LogP contribution in [0.2, 0.25) is 0 Å². The molecule has 0 spiro atoms. The van der Waals surface area contributed by atoms with Gasteiger partial charge in [-0.25, -0.2) is 14.8 Å². The van der Waals surface area contributed by atoms with E-state index in [0.717, 1.165) is 33.1 Å². The maximum Gasteiger partial charge on any atom is 0.337 e. The van der Waals surface area contributed by atoms with E-state index in [4.69, 9.17) is 14.7 Å². The molecule has 146 valence electrons. The van der Waals surface area contributed by atoms with Crippen molar-refractivity contribution in [2.75, 3.05) is 12.4 Å². The van der Waals surface area contributed by atoms with Crippen molar-refractivity contribution in [3.8, 4) is 0 Å². The Kier molecular flexibility index (Phi) is 5.27. The summed E-state index contributed by atoms with van der Waals surface area (Å²) in [6.45, 7) is 4.19. The first-order chi connectivity index (χ1) is 14.0. The summed E-state index contributed by atoms with van der Waals surface area (Å²) in [6.07, 6.45) is 0.656. The van der Waals surface area contributed by atoms with Crippen LogP contribution >= 0.6 is 11.3 Å². The Balaban J connectivity index is 1.77. The third-order valence-electron chi connectivity index (χ3n) is 4.83. The lowest BCUT2D eigenvalue weighted by Crippen LogP contribution is -2.04. The summed E-state index contributed by atoms with van der Waals surface area (Å²) < 4.78 is 4.83. The minimum atomic E-state index is -0.367. The lowest BCUT2D eigenvalue weighted by atomic mass is 10.1. The quantitative estimate of drug-likeness (QED) is 0.450. The van der Waals surface area contributed by atoms with Gasteiger partial charge in [-0.3, -0.25) is 0 Å². The normalized spacial score (nSPS) is 10.9. The van der Waals surface area contributed by atoms with Gasteiger partial charge >= 0.3 is 5.97 Å². The van der Waals surface area contributed by atoms with E-state index in [1.54, 1.807) is 23.5 Å². The lowest BCUT2D eigenvalue weighted by molar-refractivity contribution is 0.0601. The molecule has 4 aromatic rings. The molecule has 4 rings (SSSR count). The number of hydrogen-bond donors (Lipinski definition) is 1. The van der Waals surface area contributed by atoms with Gasteiger partial charge in [-0.1, -0.05) is 36.4 Å². The molecule has 29 heavy (non-hydrogen) atoms. The average Bonchev–Trinajstić information content (AvgIpc) is 3.02. The molecule has 5 nitrogen and oxygen atoms in total. The van der Waals surface area contributed by atoms with Gasteiger partial charge in [0.15, 0.2) is 0 Å². The fourth-order valence-electron chi connectivity index (χ4n) is 3.22. The van der Waals surface area contributed by atoms with Crippen molar-refractivity contribution < 1.29 is 9.53 Å². The molecule has 0 aliphatic carbocycles. The first kappa shape index (κ1) is 19.1. The number of hydrogen-bond acceptors (Lipinski definition) is 6. The number of nitrogens with zero attached hydrogens (tertiary/aromatic N) is 2. The van der Waals surface area contributed by atoms with Crippen molar-refractivity contribution in [2.24, 2.45) is 0 Å². The van der Waals surface area contributed by atoms with Crippen LogP contribution in [0.1, 0.15) is 32.2 Å². The summed E-state index contributed by atoms with van der Waals surface area (Å²) in [7, 11) is 1.38. The van der Waals surface area contributed by atoms with E-state index in [9.17, 15) is 4.79 Å². The highest BCUT2D eigenvalue weighted by molar-refractivity contribution is 7.18. The van der Waals surface area contributed by atoms with Crippen LogP contribution in [0.4, 0.5) is 11.5 Å². The van der Waals surface area contributed by atoms with Crippen LogP contribution in [0.5, 0.6) is 0 Å². The maximum absolute atomic E-state index is 11.9. The van der Waals surface area contributed by atoms with Crippen molar-refractivity contribution in [1.82, 2.24) is 9.97 Å². The number of aryl methyl sites for hydroxylation is 2. The van der Waals surface area contributed by atoms with Crippen LogP contribution in [0.15, 0.2) is 54.6 Å². The number of carbonyl (C=O) groups is 1. The van der Waals surface area contributed by atoms with Crippen molar-refractivity contribution in [3.63, 3.8) is 0 Å². The number of anilines is 2. The number of rotatable bonds is 5. The molecule has 0 amide bonds. The Bertz CT molecular complexity index is 1190. The zero-order chi connectivity index (χ0) is 20.4. The standard InChI is InChI=1S/C23H21N3O2S/c1-14-15(2)29-22-20(14)21(24-18-11-7-10-17(13-18)23(27)28-3)25-19(26-22)12-16-8-5-4-6-9-16/h4-11,13H,12H2,1-3H3,(H,24,25,26). The number of ether oxygens (including phenoxy) is 1. The van der Waals surface area contributed by atoms with Crippen LogP contribution in [0, 0.1) is 13.8 Å². The number of nitrogens with one attached hydrogen (secondary N) is 1. The van der Waals surface area contributed by atoms with E-state index in [1.165, 1.54) is 17.6 Å². The summed E-state index contributed by atoms with van der Waals surface area (Å²) in [6, 6.07) is 17.4. The smallest absolute Gasteiger partial charge is 0.337 e. The highest BCUT2D eigenvalue weighted by Gasteiger charge is 2.16. The highest BCUT2D eigenvalue weighted by Crippen LogP contribution is 2.35. The first-order valence-electron chi connectivity index (χ1n) is 9.31. The van der Waals surface area contributed by atoms with Crippen molar-refractivity contribution in [1.29, 1.82) is 0 Å². The molecule has 2 aromatic heterocycles. The Hall–Kier alpha value is -3.25. The number of esters is 1. The fraction of sp³-hybridized carbons (Fsp3) is 0.174. The molecule has 0 saturated heterocycles. The highest BCUT2D eigenvalue weighted by atomic mass is 32.1. The molecular weight excluding hydrogens is 382 g/mol. The van der Waals surface area contributed by atoms with Crippen molar-refractivity contribution in [2.45, 2.75) is 20.3 Å². The Morgan fingerprint density at radius 2 is 1.86 bits per heavy atom. The van der Waals surface area contributed by atoms with Gasteiger partial charge in [0.1, 0.15) is 16.5 Å². The summed E-state index contributed by atoms with van der Waals surface area (Å²) in [5, 5.41) is 4.42. The van der Waals surface area contributed by atoms with Gasteiger partial charge in [0.25, 0.3) is 0 Å². The number of aromatic nitrogens is 2. The van der Waals surface area contributed by atoms with Crippen molar-refractivity contribution >= 4 is 39.0 Å². The van der Waals surface area contributed by atoms with E-state index in [1.807, 2.05) is 30.3 Å². The number of thiophene rings is 1. The first-order valence-corrected chi connectivity index (χ1v) is 10.1. The lowest BCUT2D eigenvalue weighted by Gasteiger charge is -2.11. The van der Waals surface area contributed by atoms with Gasteiger partial charge in [0.05, 0.1) is 18.1 Å². The summed E-state index contributed by atoms with van der Waals surface area (Å²) >= 11 is 1.67. The van der Waals surface area contributed by atoms with Crippen LogP contribution in [0.3, 0.4) is 0 Å². The van der Waals surface area contributed by atoms with Gasteiger partial charge in [0.2, 0.25) is 0 Å². The molecule has 0 radical (unpaired) electrons. The number of methoxy groups -OCH3 is 1. The predicted octanol–water partition coefficient (Wildman–Crippen LogP) is 5.43. The van der Waals surface area contributed by atoms with E-state index < -0.39 is 0 Å². The molecule has 0 aliphatic rings. The third kappa shape index (κ3) is 3.98. The molecule has 0 unspecified atom stereocenters. The fourth-order valence-corrected chi connectivity index (χ4v) is 4.27. The number of carbonyl (C=O) groups excluding carboxylic acids is 1. The Morgan fingerprint density at radius 1 is 1.07 bits per heavy atom. The second kappa shape index (κ2) is 8.01. The molecule has 0 aliphatic heterocycles. The third-order valence-corrected chi connectivity index (χ3v) is 5.93. The Labute approximate surface area is 173 Å². The topological polar surface area (TPSA) is 64.1 Å². The van der Waals surface area contributed by atoms with Gasteiger partial charge < -0.3 is 10.1 Å². The molecule has 0 saturated carbocycles. The van der Waals surface area contributed by atoms with E-state index in [2.05, 4.69) is 31.3 Å². The predicted molar refractivity (Wildman–Crippen MR) is 117 cm³/mol. The zero-order valence-corrected chi connectivity index (χ0v) is 17.3. The molecule has 0 fully saturated rings. The molecule has 2 heterocycles. The second-order valence-corrected chi connectivity index (χ2v) is 8.01. The minimum absolute atomic E-state index is 0.367. The second-order valence-electron chi connectivity index (χ2n) is 6.81. The maximum atomic E-state index is 11.9. The van der Waals surface area contributed by atoms with E-state index >= 15 is 0 Å². The van der Waals surface area contributed by atoms with Gasteiger partial charge in [-0.15, -0.1) is 11.3 Å². The van der Waals surface area contributed by atoms with E-state index in [-0.39, 0.29) is 5.97 Å². The molecular formula is C23H21N3O2S. The monoisotopic (exact) mass is 403 g/mol. The van der Waals surface area contributed by atoms with Gasteiger partial charge in [-0.2, -0.15) is 0 Å². The van der Waals surface area contributed by atoms with Crippen LogP contribution < -0.4 is 5.32 Å². The number of fused-ring (bicyclic) bond motifs is 1. The summed E-state index contributed by atoms with van der Waals surface area (Å²) in [5.41, 5.74) is 3.60.